The molecule has 4 nitrogen and oxygen atoms in total. The van der Waals surface area contributed by atoms with Gasteiger partial charge < -0.3 is 14.6 Å². The van der Waals surface area contributed by atoms with Crippen LogP contribution >= 0.6 is 0 Å². The molecular weight excluding hydrogens is 262 g/mol. The molecule has 4 heteroatoms. The van der Waals surface area contributed by atoms with Crippen LogP contribution in [0.15, 0.2) is 10.5 Å². The number of nitrogens with one attached hydrogen (secondary N) is 1. The molecule has 0 bridgehead atoms. The van der Waals surface area contributed by atoms with E-state index < -0.39 is 0 Å². The Bertz CT molecular complexity index is 387. The van der Waals surface area contributed by atoms with Crippen LogP contribution in [0.5, 0.6) is 0 Å². The van der Waals surface area contributed by atoms with E-state index in [2.05, 4.69) is 56.0 Å². The molecule has 1 aromatic heterocycles. The van der Waals surface area contributed by atoms with Gasteiger partial charge in [0.2, 0.25) is 0 Å². The van der Waals surface area contributed by atoms with Crippen molar-refractivity contribution < 1.29 is 4.42 Å². The zero-order valence-corrected chi connectivity index (χ0v) is 14.5. The Kier molecular flexibility index (Phi) is 8.66. The fraction of sp³-hybridized carbons (Fsp3) is 0.765. The molecule has 0 aliphatic carbocycles. The predicted molar refractivity (Wildman–Crippen MR) is 89.6 cm³/mol. The van der Waals surface area contributed by atoms with Gasteiger partial charge >= 0.3 is 0 Å². The maximum atomic E-state index is 6.03. The van der Waals surface area contributed by atoms with E-state index in [1.54, 1.807) is 0 Å². The molecule has 122 valence electrons. The molecule has 1 heterocycles. The number of hydrogen-bond donors (Lipinski definition) is 1. The molecule has 0 saturated heterocycles. The van der Waals surface area contributed by atoms with Crippen molar-refractivity contribution in [2.24, 2.45) is 0 Å². The van der Waals surface area contributed by atoms with Crippen molar-refractivity contribution in [2.75, 3.05) is 40.3 Å². The Labute approximate surface area is 130 Å². The number of hydrogen-bond acceptors (Lipinski definition) is 4. The van der Waals surface area contributed by atoms with Crippen LogP contribution in [0.4, 0.5) is 0 Å². The van der Waals surface area contributed by atoms with Crippen LogP contribution in [-0.2, 0) is 13.1 Å². The van der Waals surface area contributed by atoms with E-state index in [-0.39, 0.29) is 0 Å². The smallest absolute Gasteiger partial charge is 0.120 e. The minimum absolute atomic E-state index is 0.838. The van der Waals surface area contributed by atoms with Crippen molar-refractivity contribution >= 4 is 0 Å². The zero-order valence-electron chi connectivity index (χ0n) is 14.5. The maximum Gasteiger partial charge on any atom is 0.120 e. The molecule has 0 saturated carbocycles. The lowest BCUT2D eigenvalue weighted by molar-refractivity contribution is 0.216. The monoisotopic (exact) mass is 295 g/mol. The SMILES string of the molecule is CCCNCc1oc(CN(CCC)CCN(C)C)cc1C. The van der Waals surface area contributed by atoms with Gasteiger partial charge in [-0.25, -0.2) is 0 Å². The molecule has 21 heavy (non-hydrogen) atoms. The summed E-state index contributed by atoms with van der Waals surface area (Å²) in [5.74, 6) is 2.18. The highest BCUT2D eigenvalue weighted by Gasteiger charge is 2.11. The summed E-state index contributed by atoms with van der Waals surface area (Å²) in [6.45, 7) is 12.6. The molecule has 0 aliphatic heterocycles. The molecule has 1 rings (SSSR count). The fourth-order valence-electron chi connectivity index (χ4n) is 2.37. The Morgan fingerprint density at radius 3 is 2.48 bits per heavy atom. The zero-order chi connectivity index (χ0) is 15.7. The van der Waals surface area contributed by atoms with E-state index in [1.807, 2.05) is 0 Å². The Balaban J connectivity index is 2.55. The summed E-state index contributed by atoms with van der Waals surface area (Å²) >= 11 is 0. The average molecular weight is 295 g/mol. The van der Waals surface area contributed by atoms with Gasteiger partial charge in [-0.05, 0) is 58.6 Å². The second-order valence-electron chi connectivity index (χ2n) is 6.08. The minimum atomic E-state index is 0.838. The summed E-state index contributed by atoms with van der Waals surface area (Å²) in [6.07, 6.45) is 2.33. The van der Waals surface area contributed by atoms with E-state index in [0.717, 1.165) is 57.2 Å². The number of likely N-dealkylation sites (N-methyl/N-ethyl adjacent to an activating group) is 1. The lowest BCUT2D eigenvalue weighted by atomic mass is 10.2. The Morgan fingerprint density at radius 2 is 1.86 bits per heavy atom. The third kappa shape index (κ3) is 7.11. The number of furan rings is 1. The van der Waals surface area contributed by atoms with Gasteiger partial charge in [-0.2, -0.15) is 0 Å². The first-order valence-corrected chi connectivity index (χ1v) is 8.22. The van der Waals surface area contributed by atoms with E-state index >= 15 is 0 Å². The number of aryl methyl sites for hydroxylation is 1. The van der Waals surface area contributed by atoms with Crippen LogP contribution in [-0.4, -0.2) is 50.1 Å². The molecule has 0 aromatic carbocycles. The molecule has 0 atom stereocenters. The summed E-state index contributed by atoms with van der Waals surface area (Å²) in [7, 11) is 4.25. The maximum absolute atomic E-state index is 6.03. The van der Waals surface area contributed by atoms with Gasteiger partial charge in [0.05, 0.1) is 13.1 Å². The van der Waals surface area contributed by atoms with Crippen molar-refractivity contribution in [3.8, 4) is 0 Å². The lowest BCUT2D eigenvalue weighted by Crippen LogP contribution is -2.31. The van der Waals surface area contributed by atoms with Crippen molar-refractivity contribution in [2.45, 2.75) is 46.7 Å². The van der Waals surface area contributed by atoms with Crippen molar-refractivity contribution in [1.29, 1.82) is 0 Å². The molecule has 0 unspecified atom stereocenters. The summed E-state index contributed by atoms with van der Waals surface area (Å²) in [5.41, 5.74) is 1.26. The van der Waals surface area contributed by atoms with Gasteiger partial charge in [0.15, 0.2) is 0 Å². The van der Waals surface area contributed by atoms with Crippen LogP contribution in [0.25, 0.3) is 0 Å². The predicted octanol–water partition coefficient (Wildman–Crippen LogP) is 2.86. The quantitative estimate of drug-likeness (QED) is 0.636. The number of nitrogens with zero attached hydrogens (tertiary/aromatic N) is 2. The van der Waals surface area contributed by atoms with Crippen LogP contribution in [0.3, 0.4) is 0 Å². The highest BCUT2D eigenvalue weighted by atomic mass is 16.3. The molecule has 0 aliphatic rings. The van der Waals surface area contributed by atoms with Gasteiger partial charge in [0.25, 0.3) is 0 Å². The normalized spacial score (nSPS) is 11.8. The van der Waals surface area contributed by atoms with Gasteiger partial charge in [0.1, 0.15) is 11.5 Å². The highest BCUT2D eigenvalue weighted by molar-refractivity contribution is 5.20. The second-order valence-corrected chi connectivity index (χ2v) is 6.08. The molecular formula is C17H33N3O. The third-order valence-corrected chi connectivity index (χ3v) is 3.57. The van der Waals surface area contributed by atoms with Crippen molar-refractivity contribution in [3.63, 3.8) is 0 Å². The first-order chi connectivity index (χ1) is 10.1. The topological polar surface area (TPSA) is 31.7 Å². The number of rotatable bonds is 11. The largest absolute Gasteiger partial charge is 0.463 e. The van der Waals surface area contributed by atoms with Crippen LogP contribution in [0.2, 0.25) is 0 Å². The van der Waals surface area contributed by atoms with E-state index in [4.69, 9.17) is 4.42 Å². The summed E-state index contributed by atoms with van der Waals surface area (Å²) in [5, 5.41) is 3.41. The third-order valence-electron chi connectivity index (χ3n) is 3.57. The Morgan fingerprint density at radius 1 is 1.10 bits per heavy atom. The van der Waals surface area contributed by atoms with Gasteiger partial charge in [-0.1, -0.05) is 13.8 Å². The van der Waals surface area contributed by atoms with Crippen LogP contribution in [0.1, 0.15) is 43.8 Å². The molecule has 1 N–H and O–H groups in total. The highest BCUT2D eigenvalue weighted by Crippen LogP contribution is 2.16. The standard InChI is InChI=1S/C17H33N3O/c1-6-8-18-13-17-15(3)12-16(21-17)14-20(9-7-2)11-10-19(4)5/h12,18H,6-11,13-14H2,1-5H3. The molecule has 0 spiro atoms. The first-order valence-electron chi connectivity index (χ1n) is 8.22. The Hall–Kier alpha value is -0.840. The second kappa shape index (κ2) is 9.98. The van der Waals surface area contributed by atoms with Crippen LogP contribution in [0, 0.1) is 6.92 Å². The molecule has 0 fully saturated rings. The van der Waals surface area contributed by atoms with Gasteiger partial charge in [-0.15, -0.1) is 0 Å². The lowest BCUT2D eigenvalue weighted by Gasteiger charge is -2.22. The van der Waals surface area contributed by atoms with E-state index in [0.29, 0.717) is 0 Å². The minimum Gasteiger partial charge on any atom is -0.463 e. The van der Waals surface area contributed by atoms with E-state index in [9.17, 15) is 0 Å². The molecule has 0 amide bonds. The van der Waals surface area contributed by atoms with E-state index in [1.165, 1.54) is 12.0 Å². The average Bonchev–Trinajstić information content (AvgIpc) is 2.77. The van der Waals surface area contributed by atoms with Crippen molar-refractivity contribution in [3.05, 3.63) is 23.2 Å². The van der Waals surface area contributed by atoms with Crippen molar-refractivity contribution in [1.82, 2.24) is 15.1 Å². The van der Waals surface area contributed by atoms with Gasteiger partial charge in [-0.3, -0.25) is 4.90 Å². The first kappa shape index (κ1) is 18.2. The molecule has 1 aromatic rings. The summed E-state index contributed by atoms with van der Waals surface area (Å²) in [4.78, 5) is 4.71. The summed E-state index contributed by atoms with van der Waals surface area (Å²) < 4.78 is 6.03. The molecule has 0 radical (unpaired) electrons. The van der Waals surface area contributed by atoms with Gasteiger partial charge in [0, 0.05) is 13.1 Å². The fourth-order valence-corrected chi connectivity index (χ4v) is 2.37. The van der Waals surface area contributed by atoms with Crippen LogP contribution < -0.4 is 5.32 Å². The summed E-state index contributed by atoms with van der Waals surface area (Å²) in [6, 6.07) is 2.20.